The number of rotatable bonds is 6. The summed E-state index contributed by atoms with van der Waals surface area (Å²) in [6.07, 6.45) is 2.60. The van der Waals surface area contributed by atoms with Gasteiger partial charge in [0.1, 0.15) is 11.7 Å². The van der Waals surface area contributed by atoms with Crippen molar-refractivity contribution in [3.05, 3.63) is 58.4 Å². The van der Waals surface area contributed by atoms with Gasteiger partial charge in [-0.2, -0.15) is 5.26 Å². The van der Waals surface area contributed by atoms with Crippen LogP contribution in [0.15, 0.2) is 30.6 Å². The van der Waals surface area contributed by atoms with E-state index in [1.165, 1.54) is 31.4 Å². The number of hydrogen-bond donors (Lipinski definition) is 5. The molecule has 1 aromatic heterocycles. The van der Waals surface area contributed by atoms with E-state index in [1.807, 2.05) is 6.92 Å². The fourth-order valence-corrected chi connectivity index (χ4v) is 7.64. The lowest BCUT2D eigenvalue weighted by Crippen LogP contribution is -2.85. The molecule has 2 fully saturated rings. The molecule has 45 heavy (non-hydrogen) atoms. The number of hydrogen-bond acceptors (Lipinski definition) is 12. The lowest BCUT2D eigenvalue weighted by Gasteiger charge is -2.60. The number of primary amides is 1. The number of likely N-dealkylation sites (N-methyl/N-ethyl adjacent to an activating group) is 1. The first-order valence-corrected chi connectivity index (χ1v) is 14.3. The van der Waals surface area contributed by atoms with Gasteiger partial charge in [-0.1, -0.05) is 13.0 Å². The maximum atomic E-state index is 14.5. The first-order valence-electron chi connectivity index (χ1n) is 14.3. The average Bonchev–Trinajstić information content (AvgIpc) is 2.96. The number of nitriles is 1. The second-order valence-corrected chi connectivity index (χ2v) is 12.3. The number of nitrogens with two attached hydrogens (primary N) is 3. The molecule has 0 spiro atoms. The van der Waals surface area contributed by atoms with Crippen LogP contribution in [0.5, 0.6) is 5.75 Å². The van der Waals surface area contributed by atoms with Crippen molar-refractivity contribution in [2.75, 3.05) is 14.1 Å². The number of phenolic OH excluding ortho intramolecular Hbond substituents is 1. The number of benzene rings is 1. The number of aryl methyl sites for hydroxylation is 1. The minimum atomic E-state index is -2.82. The number of ketones is 4. The smallest absolute Gasteiger partial charge is 0.253 e. The molecule has 2 unspecified atom stereocenters. The summed E-state index contributed by atoms with van der Waals surface area (Å²) in [7, 11) is 2.88. The van der Waals surface area contributed by atoms with Crippen molar-refractivity contribution in [3.63, 3.8) is 0 Å². The van der Waals surface area contributed by atoms with Crippen LogP contribution in [0.25, 0.3) is 0 Å². The summed E-state index contributed by atoms with van der Waals surface area (Å²) in [5.74, 6) is -10.8. The van der Waals surface area contributed by atoms with Crippen LogP contribution in [-0.4, -0.2) is 81.2 Å². The van der Waals surface area contributed by atoms with Crippen LogP contribution < -0.4 is 22.5 Å². The lowest BCUT2D eigenvalue weighted by molar-refractivity contribution is -0.166. The van der Waals surface area contributed by atoms with E-state index in [0.29, 0.717) is 17.5 Å². The number of carbonyl (C=O) groups is 6. The third-order valence-electron chi connectivity index (χ3n) is 9.51. The van der Waals surface area contributed by atoms with Crippen LogP contribution >= 0.6 is 0 Å². The number of fused-ring (bicyclic) bond motifs is 3. The fourth-order valence-electron chi connectivity index (χ4n) is 7.64. The van der Waals surface area contributed by atoms with E-state index in [0.717, 1.165) is 0 Å². The molecule has 5 rings (SSSR count). The molecule has 2 saturated carbocycles. The van der Waals surface area contributed by atoms with Crippen LogP contribution in [0.4, 0.5) is 0 Å². The SMILES string of the molecule is CCc1cc(CNC(=O)c2cccnc2)c(O)c2c1C[C@@]1(N)C[C@@]3(N)[C@H](N(C)C)C(=O)C(C(N)=O)C(=O)[C@@]3(C#N)C(=O)C1C2=O. The summed E-state index contributed by atoms with van der Waals surface area (Å²) >= 11 is 0. The molecule has 2 amide bonds. The van der Waals surface area contributed by atoms with Crippen molar-refractivity contribution >= 4 is 34.9 Å². The maximum absolute atomic E-state index is 14.5. The molecule has 0 saturated heterocycles. The predicted molar refractivity (Wildman–Crippen MR) is 156 cm³/mol. The highest BCUT2D eigenvalue weighted by molar-refractivity contribution is 6.33. The Labute approximate surface area is 257 Å². The second kappa shape index (κ2) is 10.7. The summed E-state index contributed by atoms with van der Waals surface area (Å²) in [5.41, 5.74) is 13.5. The van der Waals surface area contributed by atoms with Crippen LogP contribution in [0.1, 0.15) is 50.8 Å². The van der Waals surface area contributed by atoms with E-state index >= 15 is 0 Å². The number of nitrogens with zero attached hydrogens (tertiary/aromatic N) is 3. The number of amides is 2. The molecule has 1 aromatic carbocycles. The van der Waals surface area contributed by atoms with Gasteiger partial charge in [-0.15, -0.1) is 0 Å². The molecule has 14 nitrogen and oxygen atoms in total. The summed E-state index contributed by atoms with van der Waals surface area (Å²) in [5, 5.41) is 24.6. The van der Waals surface area contributed by atoms with Gasteiger partial charge in [0.25, 0.3) is 5.91 Å². The number of aromatic hydroxyl groups is 1. The number of carbonyl (C=O) groups excluding carboxylic acids is 6. The summed E-state index contributed by atoms with van der Waals surface area (Å²) < 4.78 is 0. The van der Waals surface area contributed by atoms with Crippen LogP contribution in [0.2, 0.25) is 0 Å². The molecule has 0 bridgehead atoms. The molecule has 234 valence electrons. The Kier molecular flexibility index (Phi) is 7.48. The van der Waals surface area contributed by atoms with Crippen molar-refractivity contribution in [2.45, 2.75) is 49.9 Å². The van der Waals surface area contributed by atoms with E-state index in [4.69, 9.17) is 17.2 Å². The van der Waals surface area contributed by atoms with E-state index in [-0.39, 0.29) is 29.7 Å². The highest BCUT2D eigenvalue weighted by atomic mass is 16.3. The molecule has 3 aliphatic rings. The van der Waals surface area contributed by atoms with Crippen LogP contribution in [0, 0.1) is 28.6 Å². The average molecular weight is 616 g/mol. The molecule has 0 aliphatic heterocycles. The van der Waals surface area contributed by atoms with Crippen molar-refractivity contribution in [1.29, 1.82) is 5.26 Å². The summed E-state index contributed by atoms with van der Waals surface area (Å²) in [6, 6.07) is 4.98. The van der Waals surface area contributed by atoms with Crippen LogP contribution in [-0.2, 0) is 38.6 Å². The predicted octanol–water partition coefficient (Wildman–Crippen LogP) is -1.30. The van der Waals surface area contributed by atoms with E-state index < -0.39 is 81.5 Å². The van der Waals surface area contributed by atoms with Gasteiger partial charge in [0.15, 0.2) is 34.5 Å². The molecule has 0 radical (unpaired) electrons. The van der Waals surface area contributed by atoms with Crippen molar-refractivity contribution in [1.82, 2.24) is 15.2 Å². The summed E-state index contributed by atoms with van der Waals surface area (Å²) in [4.78, 5) is 86.4. The number of nitrogens with one attached hydrogen (secondary N) is 1. The maximum Gasteiger partial charge on any atom is 0.253 e. The van der Waals surface area contributed by atoms with E-state index in [1.54, 1.807) is 24.3 Å². The van der Waals surface area contributed by atoms with Crippen LogP contribution in [0.3, 0.4) is 0 Å². The van der Waals surface area contributed by atoms with Gasteiger partial charge in [-0.3, -0.25) is 38.7 Å². The highest BCUT2D eigenvalue weighted by Crippen LogP contribution is 2.56. The Morgan fingerprint density at radius 3 is 2.42 bits per heavy atom. The quantitative estimate of drug-likeness (QED) is 0.238. The molecular formula is C31H33N7O7. The van der Waals surface area contributed by atoms with Gasteiger partial charge in [0, 0.05) is 30.0 Å². The molecule has 14 heteroatoms. The van der Waals surface area contributed by atoms with Crippen molar-refractivity contribution < 1.29 is 33.9 Å². The first-order chi connectivity index (χ1) is 21.1. The standard InChI is InChI=1S/C31H33N7O7/c1-4-14-8-16(11-37-28(45)15-6-5-7-36-10-15)21(39)18-17(14)9-29(34)12-31(35)24(38(2)3)23(41)19(27(33)44)25(42)30(31,13-32)26(43)20(29)22(18)40/h5-8,10,19-20,24,39H,4,9,11-12,34-35H2,1-3H3,(H2,33,44)(H,37,45)/t19?,20?,24-,29-,30+,31-/m1/s1. The first kappa shape index (κ1) is 31.6. The Bertz CT molecular complexity index is 1740. The van der Waals surface area contributed by atoms with Gasteiger partial charge in [0.05, 0.1) is 28.8 Å². The molecule has 3 aliphatic carbocycles. The van der Waals surface area contributed by atoms with Gasteiger partial charge >= 0.3 is 0 Å². The van der Waals surface area contributed by atoms with Gasteiger partial charge in [0.2, 0.25) is 5.91 Å². The Balaban J connectivity index is 1.65. The zero-order valence-corrected chi connectivity index (χ0v) is 24.9. The second-order valence-electron chi connectivity index (χ2n) is 12.3. The third kappa shape index (κ3) is 4.22. The monoisotopic (exact) mass is 615 g/mol. The third-order valence-corrected chi connectivity index (χ3v) is 9.51. The normalized spacial score (nSPS) is 30.6. The number of aromatic nitrogens is 1. The number of pyridine rings is 1. The number of Topliss-reactive ketones (excluding diaryl/α,β-unsaturated/α-hetero) is 4. The zero-order chi connectivity index (χ0) is 33.2. The Hall–Kier alpha value is -4.84. The molecule has 1 heterocycles. The zero-order valence-electron chi connectivity index (χ0n) is 24.9. The Morgan fingerprint density at radius 2 is 1.87 bits per heavy atom. The number of phenols is 1. The van der Waals surface area contributed by atoms with E-state index in [9.17, 15) is 39.1 Å². The lowest BCUT2D eigenvalue weighted by atomic mass is 9.42. The van der Waals surface area contributed by atoms with Crippen molar-refractivity contribution in [2.24, 2.45) is 34.5 Å². The Morgan fingerprint density at radius 1 is 1.18 bits per heavy atom. The van der Waals surface area contributed by atoms with Gasteiger partial charge in [-0.25, -0.2) is 0 Å². The fraction of sp³-hybridized carbons (Fsp3) is 0.419. The minimum Gasteiger partial charge on any atom is -0.507 e. The highest BCUT2D eigenvalue weighted by Gasteiger charge is 2.78. The molecule has 2 aromatic rings. The molecule has 8 N–H and O–H groups in total. The van der Waals surface area contributed by atoms with E-state index in [2.05, 4.69) is 10.3 Å². The topological polar surface area (TPSA) is 253 Å². The largest absolute Gasteiger partial charge is 0.507 e. The van der Waals surface area contributed by atoms with Crippen molar-refractivity contribution in [3.8, 4) is 11.8 Å². The minimum absolute atomic E-state index is 0.161. The molecular weight excluding hydrogens is 582 g/mol. The summed E-state index contributed by atoms with van der Waals surface area (Å²) in [6.45, 7) is 1.63. The van der Waals surface area contributed by atoms with Gasteiger partial charge < -0.3 is 27.6 Å². The van der Waals surface area contributed by atoms with Gasteiger partial charge in [-0.05, 0) is 56.6 Å². The molecule has 6 atom stereocenters.